The second-order valence-corrected chi connectivity index (χ2v) is 4.45. The number of rotatable bonds is 2. The predicted octanol–water partition coefficient (Wildman–Crippen LogP) is 4.11. The second-order valence-electron chi connectivity index (χ2n) is 3.65. The summed E-state index contributed by atoms with van der Waals surface area (Å²) in [6, 6.07) is 4.07. The van der Waals surface area contributed by atoms with E-state index in [1.165, 1.54) is 12.1 Å². The Hall–Kier alpha value is -1.80. The quantitative estimate of drug-likeness (QED) is 0.616. The summed E-state index contributed by atoms with van der Waals surface area (Å²) in [7, 11) is 0. The smallest absolute Gasteiger partial charge is 0.258 e. The first kappa shape index (κ1) is 14.6. The predicted molar refractivity (Wildman–Crippen MR) is 65.2 cm³/mol. The fraction of sp³-hybridized carbons (Fsp3) is 0.100. The highest BCUT2D eigenvalue weighted by molar-refractivity contribution is 6.32. The molecule has 0 unspecified atom stereocenters. The van der Waals surface area contributed by atoms with E-state index in [-0.39, 0.29) is 15.9 Å². The Morgan fingerprint density at radius 2 is 1.90 bits per heavy atom. The number of aromatic nitrogens is 2. The van der Waals surface area contributed by atoms with Gasteiger partial charge in [0, 0.05) is 12.1 Å². The van der Waals surface area contributed by atoms with Crippen LogP contribution in [0.15, 0.2) is 24.3 Å². The van der Waals surface area contributed by atoms with E-state index >= 15 is 0 Å². The molecule has 0 aliphatic carbocycles. The van der Waals surface area contributed by atoms with Crippen LogP contribution in [-0.4, -0.2) is 14.7 Å². The monoisotopic (exact) mass is 325 g/mol. The van der Waals surface area contributed by atoms with Gasteiger partial charge in [0.1, 0.15) is 10.2 Å². The Balaban J connectivity index is 2.55. The van der Waals surface area contributed by atoms with Gasteiger partial charge in [-0.05, 0) is 12.1 Å². The van der Waals surface area contributed by atoms with Crippen LogP contribution in [0.2, 0.25) is 10.2 Å². The first-order chi connectivity index (χ1) is 9.20. The normalized spacial score (nSPS) is 11.7. The van der Waals surface area contributed by atoms with Gasteiger partial charge >= 0.3 is 6.18 Å². The summed E-state index contributed by atoms with van der Waals surface area (Å²) in [5, 5.41) is 13.5. The van der Waals surface area contributed by atoms with Gasteiger partial charge in [-0.2, -0.15) is 18.3 Å². The summed E-state index contributed by atoms with van der Waals surface area (Å²) in [5.74, 6) is 0. The number of nitro benzene ring substituents is 1. The van der Waals surface area contributed by atoms with Crippen LogP contribution < -0.4 is 0 Å². The van der Waals surface area contributed by atoms with Gasteiger partial charge in [0.05, 0.1) is 10.6 Å². The highest BCUT2D eigenvalue weighted by Crippen LogP contribution is 2.32. The van der Waals surface area contributed by atoms with Crippen LogP contribution in [-0.2, 0) is 6.18 Å². The number of nitrogens with zero attached hydrogens (tertiary/aromatic N) is 3. The molecule has 1 aromatic heterocycles. The van der Waals surface area contributed by atoms with Crippen LogP contribution in [0, 0.1) is 10.1 Å². The third-order valence-electron chi connectivity index (χ3n) is 2.33. The molecule has 0 N–H and O–H groups in total. The van der Waals surface area contributed by atoms with Gasteiger partial charge in [-0.15, -0.1) is 0 Å². The molecule has 20 heavy (non-hydrogen) atoms. The summed E-state index contributed by atoms with van der Waals surface area (Å²) >= 11 is 11.3. The zero-order valence-corrected chi connectivity index (χ0v) is 10.9. The van der Waals surface area contributed by atoms with Crippen molar-refractivity contribution in [3.05, 3.63) is 50.2 Å². The number of halogens is 5. The van der Waals surface area contributed by atoms with Crippen molar-refractivity contribution in [2.24, 2.45) is 0 Å². The average Bonchev–Trinajstić information content (AvgIpc) is 2.71. The van der Waals surface area contributed by atoms with Gasteiger partial charge in [-0.3, -0.25) is 10.1 Å². The molecule has 0 aliphatic rings. The van der Waals surface area contributed by atoms with Gasteiger partial charge in [0.2, 0.25) is 0 Å². The Labute approximate surface area is 119 Å². The molecule has 0 amide bonds. The number of nitro groups is 1. The van der Waals surface area contributed by atoms with Crippen LogP contribution in [0.1, 0.15) is 5.69 Å². The van der Waals surface area contributed by atoms with Crippen molar-refractivity contribution in [1.29, 1.82) is 0 Å². The third-order valence-corrected chi connectivity index (χ3v) is 2.92. The minimum absolute atomic E-state index is 0.00148. The lowest BCUT2D eigenvalue weighted by Gasteiger charge is -2.04. The van der Waals surface area contributed by atoms with E-state index in [1.807, 2.05) is 0 Å². The molecule has 0 atom stereocenters. The largest absolute Gasteiger partial charge is 0.435 e. The molecule has 0 spiro atoms. The van der Waals surface area contributed by atoms with Crippen LogP contribution in [0.5, 0.6) is 0 Å². The van der Waals surface area contributed by atoms with E-state index < -0.39 is 22.5 Å². The third kappa shape index (κ3) is 2.70. The average molecular weight is 326 g/mol. The van der Waals surface area contributed by atoms with Gasteiger partial charge in [-0.1, -0.05) is 23.2 Å². The van der Waals surface area contributed by atoms with Crippen LogP contribution >= 0.6 is 23.2 Å². The second kappa shape index (κ2) is 4.95. The molecule has 0 bridgehead atoms. The molecule has 0 radical (unpaired) electrons. The van der Waals surface area contributed by atoms with Gasteiger partial charge in [-0.25, -0.2) is 4.68 Å². The van der Waals surface area contributed by atoms with E-state index in [4.69, 9.17) is 23.2 Å². The van der Waals surface area contributed by atoms with E-state index in [0.717, 1.165) is 10.7 Å². The van der Waals surface area contributed by atoms with Crippen LogP contribution in [0.25, 0.3) is 5.69 Å². The molecule has 0 fully saturated rings. The van der Waals surface area contributed by atoms with Crippen LogP contribution in [0.3, 0.4) is 0 Å². The molecule has 2 rings (SSSR count). The standard InChI is InChI=1S/C10H4Cl2F3N3O2/c11-6-2-1-5(3-7(6)18(19)20)17-9(12)4-8(16-17)10(13,14)15/h1-4H. The summed E-state index contributed by atoms with van der Waals surface area (Å²) in [5.41, 5.74) is -1.65. The Morgan fingerprint density at radius 1 is 1.25 bits per heavy atom. The van der Waals surface area contributed by atoms with Gasteiger partial charge in [0.15, 0.2) is 5.69 Å². The minimum Gasteiger partial charge on any atom is -0.258 e. The number of benzene rings is 1. The molecule has 2 aromatic rings. The van der Waals surface area contributed by atoms with Crippen molar-refractivity contribution in [1.82, 2.24) is 9.78 Å². The van der Waals surface area contributed by atoms with E-state index in [2.05, 4.69) is 5.10 Å². The first-order valence-corrected chi connectivity index (χ1v) is 5.73. The maximum Gasteiger partial charge on any atom is 0.435 e. The van der Waals surface area contributed by atoms with Crippen LogP contribution in [0.4, 0.5) is 18.9 Å². The highest BCUT2D eigenvalue weighted by Gasteiger charge is 2.35. The van der Waals surface area contributed by atoms with E-state index in [0.29, 0.717) is 6.07 Å². The molecule has 106 valence electrons. The fourth-order valence-electron chi connectivity index (χ4n) is 1.45. The van der Waals surface area contributed by atoms with E-state index in [1.54, 1.807) is 0 Å². The van der Waals surface area contributed by atoms with Crippen molar-refractivity contribution in [2.75, 3.05) is 0 Å². The van der Waals surface area contributed by atoms with Crippen molar-refractivity contribution >= 4 is 28.9 Å². The van der Waals surface area contributed by atoms with Crippen molar-refractivity contribution in [3.63, 3.8) is 0 Å². The fourth-order valence-corrected chi connectivity index (χ4v) is 1.88. The summed E-state index contributed by atoms with van der Waals surface area (Å²) in [6.45, 7) is 0. The Bertz CT molecular complexity index is 685. The van der Waals surface area contributed by atoms with Crippen molar-refractivity contribution in [2.45, 2.75) is 6.18 Å². The topological polar surface area (TPSA) is 61.0 Å². The zero-order valence-electron chi connectivity index (χ0n) is 9.36. The van der Waals surface area contributed by atoms with Crippen molar-refractivity contribution < 1.29 is 18.1 Å². The number of alkyl halides is 3. The number of hydrogen-bond donors (Lipinski definition) is 0. The SMILES string of the molecule is O=[N+]([O-])c1cc(-n2nc(C(F)(F)F)cc2Cl)ccc1Cl. The zero-order chi connectivity index (χ0) is 15.1. The maximum atomic E-state index is 12.5. The first-order valence-electron chi connectivity index (χ1n) is 4.97. The molecule has 0 aliphatic heterocycles. The molecule has 10 heteroatoms. The minimum atomic E-state index is -4.66. The van der Waals surface area contributed by atoms with Crippen molar-refractivity contribution in [3.8, 4) is 5.69 Å². The van der Waals surface area contributed by atoms with Gasteiger partial charge < -0.3 is 0 Å². The molecule has 0 saturated carbocycles. The summed E-state index contributed by atoms with van der Waals surface area (Å²) in [6.07, 6.45) is -4.66. The summed E-state index contributed by atoms with van der Waals surface area (Å²) < 4.78 is 38.3. The molecular formula is C10H4Cl2F3N3O2. The molecule has 1 heterocycles. The maximum absolute atomic E-state index is 12.5. The Kier molecular flexibility index (Phi) is 3.61. The lowest BCUT2D eigenvalue weighted by Crippen LogP contribution is -2.07. The molecule has 0 saturated heterocycles. The highest BCUT2D eigenvalue weighted by atomic mass is 35.5. The molecule has 1 aromatic carbocycles. The lowest BCUT2D eigenvalue weighted by atomic mass is 10.3. The lowest BCUT2D eigenvalue weighted by molar-refractivity contribution is -0.384. The molecular weight excluding hydrogens is 322 g/mol. The van der Waals surface area contributed by atoms with E-state index in [9.17, 15) is 23.3 Å². The number of hydrogen-bond acceptors (Lipinski definition) is 3. The van der Waals surface area contributed by atoms with Gasteiger partial charge in [0.25, 0.3) is 5.69 Å². The summed E-state index contributed by atoms with van der Waals surface area (Å²) in [4.78, 5) is 9.98. The Morgan fingerprint density at radius 3 is 2.40 bits per heavy atom. The molecule has 5 nitrogen and oxygen atoms in total.